The first-order valence-corrected chi connectivity index (χ1v) is 10.5. The van der Waals surface area contributed by atoms with Gasteiger partial charge < -0.3 is 19.5 Å². The van der Waals surface area contributed by atoms with Crippen LogP contribution in [-0.4, -0.2) is 47.6 Å². The Balaban J connectivity index is 1.60. The van der Waals surface area contributed by atoms with Gasteiger partial charge >= 0.3 is 0 Å². The molecule has 1 aliphatic heterocycles. The number of nitrogens with one attached hydrogen (secondary N) is 1. The van der Waals surface area contributed by atoms with Crippen molar-refractivity contribution in [3.8, 4) is 6.07 Å². The largest absolute Gasteiger partial charge is 0.378 e. The maximum Gasteiger partial charge on any atom is 0.266 e. The summed E-state index contributed by atoms with van der Waals surface area (Å²) in [5.41, 5.74) is 2.05. The molecule has 1 aliphatic rings. The monoisotopic (exact) mass is 448 g/mol. The molecule has 1 fully saturated rings. The molecule has 0 atom stereocenters. The van der Waals surface area contributed by atoms with E-state index >= 15 is 0 Å². The Hall–Kier alpha value is -3.60. The number of amides is 2. The first-order chi connectivity index (χ1) is 15.5. The van der Waals surface area contributed by atoms with Gasteiger partial charge in [-0.3, -0.25) is 9.59 Å². The number of fused-ring (bicyclic) bond motifs is 1. The summed E-state index contributed by atoms with van der Waals surface area (Å²) in [7, 11) is 0. The zero-order valence-corrected chi connectivity index (χ0v) is 18.0. The number of ether oxygens (including phenoxy) is 1. The van der Waals surface area contributed by atoms with E-state index in [1.54, 1.807) is 41.4 Å². The highest BCUT2D eigenvalue weighted by Crippen LogP contribution is 2.24. The van der Waals surface area contributed by atoms with Gasteiger partial charge in [0, 0.05) is 46.5 Å². The molecule has 2 amide bonds. The van der Waals surface area contributed by atoms with E-state index in [0.29, 0.717) is 42.6 Å². The lowest BCUT2D eigenvalue weighted by Gasteiger charge is -2.27. The number of rotatable bonds is 5. The van der Waals surface area contributed by atoms with Crippen molar-refractivity contribution >= 4 is 46.1 Å². The average Bonchev–Trinajstić information content (AvgIpc) is 3.16. The minimum Gasteiger partial charge on any atom is -0.378 e. The molecule has 2 aromatic carbocycles. The molecule has 1 aromatic heterocycles. The van der Waals surface area contributed by atoms with Crippen LogP contribution in [0.5, 0.6) is 0 Å². The summed E-state index contributed by atoms with van der Waals surface area (Å²) in [6, 6.07) is 16.2. The molecule has 1 N–H and O–H groups in total. The Labute approximate surface area is 190 Å². The third kappa shape index (κ3) is 4.83. The Morgan fingerprint density at radius 3 is 2.56 bits per heavy atom. The van der Waals surface area contributed by atoms with E-state index in [2.05, 4.69) is 5.32 Å². The summed E-state index contributed by atoms with van der Waals surface area (Å²) in [5.74, 6) is -0.512. The second-order valence-electron chi connectivity index (χ2n) is 7.35. The number of aromatic nitrogens is 1. The maximum absolute atomic E-state index is 12.7. The van der Waals surface area contributed by atoms with Crippen LogP contribution >= 0.6 is 11.6 Å². The minimum atomic E-state index is -0.518. The molecule has 7 nitrogen and oxygen atoms in total. The van der Waals surface area contributed by atoms with Crippen LogP contribution in [-0.2, 0) is 20.9 Å². The molecule has 0 saturated carbocycles. The van der Waals surface area contributed by atoms with Crippen LogP contribution < -0.4 is 5.32 Å². The molecule has 0 radical (unpaired) electrons. The summed E-state index contributed by atoms with van der Waals surface area (Å²) in [4.78, 5) is 27.2. The SMILES string of the molecule is N#CC(=Cc1cn(CC(=O)N2CCOCC2)c2ccccc12)C(=O)Nc1ccc(Cl)cc1. The number of hydrogen-bond donors (Lipinski definition) is 1. The van der Waals surface area contributed by atoms with E-state index in [0.717, 1.165) is 10.9 Å². The Bertz CT molecular complexity index is 1220. The molecule has 8 heteroatoms. The first kappa shape index (κ1) is 21.6. The van der Waals surface area contributed by atoms with Gasteiger partial charge in [-0.1, -0.05) is 29.8 Å². The summed E-state index contributed by atoms with van der Waals surface area (Å²) in [6.45, 7) is 2.41. The molecule has 32 heavy (non-hydrogen) atoms. The molecule has 0 aliphatic carbocycles. The molecular formula is C24H21ClN4O3. The predicted octanol–water partition coefficient (Wildman–Crippen LogP) is 3.70. The number of nitrogens with zero attached hydrogens (tertiary/aromatic N) is 3. The molecule has 1 saturated heterocycles. The van der Waals surface area contributed by atoms with Gasteiger partial charge in [0.05, 0.1) is 13.2 Å². The topological polar surface area (TPSA) is 87.4 Å². The zero-order chi connectivity index (χ0) is 22.5. The molecular weight excluding hydrogens is 428 g/mol. The van der Waals surface area contributed by atoms with Crippen molar-refractivity contribution < 1.29 is 14.3 Å². The van der Waals surface area contributed by atoms with Crippen molar-refractivity contribution in [1.29, 1.82) is 5.26 Å². The molecule has 3 aromatic rings. The van der Waals surface area contributed by atoms with Crippen molar-refractivity contribution in [2.75, 3.05) is 31.6 Å². The highest BCUT2D eigenvalue weighted by molar-refractivity contribution is 6.30. The second kappa shape index (κ2) is 9.69. The fourth-order valence-corrected chi connectivity index (χ4v) is 3.74. The summed E-state index contributed by atoms with van der Waals surface area (Å²) in [6.07, 6.45) is 3.35. The van der Waals surface area contributed by atoms with Gasteiger partial charge in [0.25, 0.3) is 5.91 Å². The van der Waals surface area contributed by atoms with Gasteiger partial charge in [0.2, 0.25) is 5.91 Å². The van der Waals surface area contributed by atoms with Crippen LogP contribution in [0.2, 0.25) is 5.02 Å². The van der Waals surface area contributed by atoms with Crippen molar-refractivity contribution in [2.24, 2.45) is 0 Å². The normalized spacial score (nSPS) is 14.2. The fraction of sp³-hybridized carbons (Fsp3) is 0.208. The lowest BCUT2D eigenvalue weighted by Crippen LogP contribution is -2.42. The summed E-state index contributed by atoms with van der Waals surface area (Å²) in [5, 5.41) is 13.7. The first-order valence-electron chi connectivity index (χ1n) is 10.2. The predicted molar refractivity (Wildman–Crippen MR) is 123 cm³/mol. The van der Waals surface area contributed by atoms with E-state index in [9.17, 15) is 14.9 Å². The lowest BCUT2D eigenvalue weighted by molar-refractivity contribution is -0.135. The lowest BCUT2D eigenvalue weighted by atomic mass is 10.1. The van der Waals surface area contributed by atoms with Crippen molar-refractivity contribution in [2.45, 2.75) is 6.54 Å². The number of halogens is 1. The smallest absolute Gasteiger partial charge is 0.266 e. The van der Waals surface area contributed by atoms with Gasteiger partial charge in [-0.25, -0.2) is 0 Å². The zero-order valence-electron chi connectivity index (χ0n) is 17.3. The maximum atomic E-state index is 12.7. The summed E-state index contributed by atoms with van der Waals surface area (Å²) < 4.78 is 7.17. The third-order valence-corrected chi connectivity index (χ3v) is 5.51. The average molecular weight is 449 g/mol. The van der Waals surface area contributed by atoms with E-state index in [1.807, 2.05) is 34.9 Å². The number of benzene rings is 2. The van der Waals surface area contributed by atoms with Gasteiger partial charge in [-0.15, -0.1) is 0 Å². The molecule has 0 bridgehead atoms. The summed E-state index contributed by atoms with van der Waals surface area (Å²) >= 11 is 5.88. The number of anilines is 1. The Morgan fingerprint density at radius 2 is 1.84 bits per heavy atom. The highest BCUT2D eigenvalue weighted by atomic mass is 35.5. The second-order valence-corrected chi connectivity index (χ2v) is 7.79. The van der Waals surface area contributed by atoms with Crippen LogP contribution in [0.15, 0.2) is 60.3 Å². The van der Waals surface area contributed by atoms with E-state index in [-0.39, 0.29) is 18.0 Å². The fourth-order valence-electron chi connectivity index (χ4n) is 3.62. The number of morpholine rings is 1. The third-order valence-electron chi connectivity index (χ3n) is 5.26. The van der Waals surface area contributed by atoms with E-state index < -0.39 is 5.91 Å². The van der Waals surface area contributed by atoms with Crippen LogP contribution in [0.4, 0.5) is 5.69 Å². The van der Waals surface area contributed by atoms with Crippen LogP contribution in [0.1, 0.15) is 5.56 Å². The van der Waals surface area contributed by atoms with Crippen LogP contribution in [0, 0.1) is 11.3 Å². The number of para-hydroxylation sites is 1. The van der Waals surface area contributed by atoms with Crippen LogP contribution in [0.3, 0.4) is 0 Å². The number of carbonyl (C=O) groups excluding carboxylic acids is 2. The van der Waals surface area contributed by atoms with E-state index in [1.165, 1.54) is 0 Å². The molecule has 4 rings (SSSR count). The van der Waals surface area contributed by atoms with Crippen molar-refractivity contribution in [1.82, 2.24) is 9.47 Å². The van der Waals surface area contributed by atoms with Gasteiger partial charge in [0.15, 0.2) is 0 Å². The quantitative estimate of drug-likeness (QED) is 0.476. The molecule has 162 valence electrons. The van der Waals surface area contributed by atoms with E-state index in [4.69, 9.17) is 16.3 Å². The van der Waals surface area contributed by atoms with Gasteiger partial charge in [-0.05, 0) is 36.4 Å². The van der Waals surface area contributed by atoms with Crippen molar-refractivity contribution in [3.63, 3.8) is 0 Å². The van der Waals surface area contributed by atoms with Crippen molar-refractivity contribution in [3.05, 3.63) is 70.9 Å². The highest BCUT2D eigenvalue weighted by Gasteiger charge is 2.19. The standard InChI is InChI=1S/C24H21ClN4O3/c25-19-5-7-20(8-6-19)27-24(31)17(14-26)13-18-15-29(22-4-2-1-3-21(18)22)16-23(30)28-9-11-32-12-10-28/h1-8,13,15H,9-12,16H2,(H,27,31). The number of carbonyl (C=O) groups is 2. The Kier molecular flexibility index (Phi) is 6.55. The minimum absolute atomic E-state index is 0.00516. The van der Waals surface area contributed by atoms with Gasteiger partial charge in [-0.2, -0.15) is 5.26 Å². The molecule has 0 spiro atoms. The van der Waals surface area contributed by atoms with Gasteiger partial charge in [0.1, 0.15) is 18.2 Å². The number of hydrogen-bond acceptors (Lipinski definition) is 4. The molecule has 2 heterocycles. The van der Waals surface area contributed by atoms with Crippen LogP contribution in [0.25, 0.3) is 17.0 Å². The number of nitriles is 1. The Morgan fingerprint density at radius 1 is 1.12 bits per heavy atom. The molecule has 0 unspecified atom stereocenters.